The molecule has 0 aliphatic heterocycles. The lowest BCUT2D eigenvalue weighted by Gasteiger charge is -1.96. The first-order valence-corrected chi connectivity index (χ1v) is 7.26. The van der Waals surface area contributed by atoms with E-state index in [1.165, 1.54) is 10.3 Å². The Morgan fingerprint density at radius 2 is 1.94 bits per heavy atom. The average Bonchev–Trinajstić information content (AvgIpc) is 2.81. The third-order valence-electron chi connectivity index (χ3n) is 2.83. The normalized spacial score (nSPS) is 11.3. The first kappa shape index (κ1) is 11.9. The molecule has 0 radical (unpaired) electrons. The second-order valence-corrected chi connectivity index (χ2v) is 6.33. The molecular formula is C13H12BrN3S. The number of halogens is 1. The van der Waals surface area contributed by atoms with Gasteiger partial charge in [-0.3, -0.25) is 0 Å². The summed E-state index contributed by atoms with van der Waals surface area (Å²) < 4.78 is 4.19. The van der Waals surface area contributed by atoms with Crippen LogP contribution in [0.5, 0.6) is 0 Å². The average molecular weight is 322 g/mol. The zero-order chi connectivity index (χ0) is 12.9. The Labute approximate surface area is 118 Å². The number of thiazole rings is 1. The predicted molar refractivity (Wildman–Crippen MR) is 78.7 cm³/mol. The number of aromatic nitrogens is 3. The van der Waals surface area contributed by atoms with E-state index in [1.54, 1.807) is 11.3 Å². The van der Waals surface area contributed by atoms with E-state index in [-0.39, 0.29) is 0 Å². The smallest absolute Gasteiger partial charge is 0.211 e. The van der Waals surface area contributed by atoms with Crippen LogP contribution in [0.25, 0.3) is 15.3 Å². The quantitative estimate of drug-likeness (QED) is 0.673. The molecule has 0 amide bonds. The molecule has 3 nitrogen and oxygen atoms in total. The van der Waals surface area contributed by atoms with E-state index in [2.05, 4.69) is 53.1 Å². The van der Waals surface area contributed by atoms with Crippen LogP contribution < -0.4 is 0 Å². The zero-order valence-corrected chi connectivity index (χ0v) is 12.8. The van der Waals surface area contributed by atoms with Gasteiger partial charge in [0, 0.05) is 10.2 Å². The summed E-state index contributed by atoms with van der Waals surface area (Å²) in [6.45, 7) is 6.13. The second-order valence-electron chi connectivity index (χ2n) is 4.40. The highest BCUT2D eigenvalue weighted by Gasteiger charge is 2.11. The molecular weight excluding hydrogens is 310 g/mol. The van der Waals surface area contributed by atoms with Gasteiger partial charge < -0.3 is 0 Å². The highest BCUT2D eigenvalue weighted by Crippen LogP contribution is 2.30. The first-order chi connectivity index (χ1) is 8.54. The number of nitrogens with zero attached hydrogens (tertiary/aromatic N) is 3. The summed E-state index contributed by atoms with van der Waals surface area (Å²) >= 11 is 5.19. The largest absolute Gasteiger partial charge is 0.218 e. The van der Waals surface area contributed by atoms with Crippen molar-refractivity contribution in [2.45, 2.75) is 20.8 Å². The van der Waals surface area contributed by atoms with Gasteiger partial charge in [-0.25, -0.2) is 9.67 Å². The summed E-state index contributed by atoms with van der Waals surface area (Å²) in [6, 6.07) is 6.26. The van der Waals surface area contributed by atoms with Gasteiger partial charge in [-0.1, -0.05) is 27.3 Å². The molecule has 0 aliphatic carbocycles. The summed E-state index contributed by atoms with van der Waals surface area (Å²) in [4.78, 5) is 4.70. The van der Waals surface area contributed by atoms with Gasteiger partial charge >= 0.3 is 0 Å². The number of benzene rings is 1. The lowest BCUT2D eigenvalue weighted by atomic mass is 10.2. The molecule has 0 spiro atoms. The molecule has 0 unspecified atom stereocenters. The van der Waals surface area contributed by atoms with Gasteiger partial charge in [0.1, 0.15) is 0 Å². The Kier molecular flexibility index (Phi) is 2.75. The van der Waals surface area contributed by atoms with Crippen molar-refractivity contribution in [3.05, 3.63) is 39.6 Å². The molecule has 1 aromatic carbocycles. The van der Waals surface area contributed by atoms with E-state index in [0.717, 1.165) is 26.5 Å². The molecule has 0 N–H and O–H groups in total. The Hall–Kier alpha value is -1.20. The number of rotatable bonds is 1. The topological polar surface area (TPSA) is 30.7 Å². The number of hydrogen-bond acceptors (Lipinski definition) is 3. The van der Waals surface area contributed by atoms with Crippen molar-refractivity contribution in [1.29, 1.82) is 0 Å². The van der Waals surface area contributed by atoms with Crippen molar-refractivity contribution in [3.63, 3.8) is 0 Å². The van der Waals surface area contributed by atoms with Crippen LogP contribution in [0, 0.1) is 20.8 Å². The fourth-order valence-electron chi connectivity index (χ4n) is 2.06. The van der Waals surface area contributed by atoms with E-state index >= 15 is 0 Å². The maximum atomic E-state index is 4.70. The minimum absolute atomic E-state index is 0.928. The van der Waals surface area contributed by atoms with Crippen LogP contribution in [-0.2, 0) is 0 Å². The lowest BCUT2D eigenvalue weighted by molar-refractivity contribution is 0.827. The first-order valence-electron chi connectivity index (χ1n) is 5.65. The fraction of sp³-hybridized carbons (Fsp3) is 0.231. The molecule has 0 saturated carbocycles. The van der Waals surface area contributed by atoms with Gasteiger partial charge in [-0.15, -0.1) is 0 Å². The molecule has 3 aromatic rings. The third kappa shape index (κ3) is 1.87. The van der Waals surface area contributed by atoms with Gasteiger partial charge in [0.15, 0.2) is 0 Å². The molecule has 0 aliphatic rings. The molecule has 92 valence electrons. The molecule has 2 heterocycles. The SMILES string of the molecule is Cc1cc(C)n(-c2nc3c(C)cc(Br)cc3s2)n1. The van der Waals surface area contributed by atoms with Crippen LogP contribution in [0.2, 0.25) is 0 Å². The third-order valence-corrected chi connectivity index (χ3v) is 4.27. The monoisotopic (exact) mass is 321 g/mol. The zero-order valence-electron chi connectivity index (χ0n) is 10.4. The lowest BCUT2D eigenvalue weighted by Crippen LogP contribution is -1.97. The highest BCUT2D eigenvalue weighted by molar-refractivity contribution is 9.10. The summed E-state index contributed by atoms with van der Waals surface area (Å²) in [5.74, 6) is 0. The number of hydrogen-bond donors (Lipinski definition) is 0. The summed E-state index contributed by atoms with van der Waals surface area (Å²) in [5, 5.41) is 5.41. The van der Waals surface area contributed by atoms with Crippen LogP contribution in [0.4, 0.5) is 0 Å². The van der Waals surface area contributed by atoms with Crippen LogP contribution in [0.15, 0.2) is 22.7 Å². The molecule has 0 bridgehead atoms. The molecule has 5 heteroatoms. The predicted octanol–water partition coefficient (Wildman–Crippen LogP) is 4.17. The van der Waals surface area contributed by atoms with Crippen molar-refractivity contribution in [1.82, 2.24) is 14.8 Å². The van der Waals surface area contributed by atoms with Crippen molar-refractivity contribution in [3.8, 4) is 5.13 Å². The maximum absolute atomic E-state index is 4.70. The Balaban J connectivity index is 2.25. The number of fused-ring (bicyclic) bond motifs is 1. The molecule has 18 heavy (non-hydrogen) atoms. The van der Waals surface area contributed by atoms with E-state index in [4.69, 9.17) is 4.98 Å². The minimum Gasteiger partial charge on any atom is -0.218 e. The van der Waals surface area contributed by atoms with Gasteiger partial charge in [0.25, 0.3) is 0 Å². The summed E-state index contributed by atoms with van der Waals surface area (Å²) in [5.41, 5.74) is 4.38. The van der Waals surface area contributed by atoms with Gasteiger partial charge in [0.2, 0.25) is 5.13 Å². The summed E-state index contributed by atoms with van der Waals surface area (Å²) in [6.07, 6.45) is 0. The van der Waals surface area contributed by atoms with E-state index in [1.807, 2.05) is 11.6 Å². The van der Waals surface area contributed by atoms with Gasteiger partial charge in [-0.05, 0) is 44.5 Å². The molecule has 3 rings (SSSR count). The highest BCUT2D eigenvalue weighted by atomic mass is 79.9. The van der Waals surface area contributed by atoms with E-state index in [9.17, 15) is 0 Å². The van der Waals surface area contributed by atoms with Crippen molar-refractivity contribution in [2.75, 3.05) is 0 Å². The Morgan fingerprint density at radius 1 is 1.17 bits per heavy atom. The fourth-order valence-corrected chi connectivity index (χ4v) is 3.87. The van der Waals surface area contributed by atoms with Gasteiger partial charge in [-0.2, -0.15) is 5.10 Å². The van der Waals surface area contributed by atoms with Crippen molar-refractivity contribution < 1.29 is 0 Å². The maximum Gasteiger partial charge on any atom is 0.211 e. The standard InChI is InChI=1S/C13H12BrN3S/c1-7-4-10(14)6-11-12(7)15-13(18-11)17-9(3)5-8(2)16-17/h4-6H,1-3H3. The molecule has 0 atom stereocenters. The Morgan fingerprint density at radius 3 is 2.61 bits per heavy atom. The molecule has 0 fully saturated rings. The number of aryl methyl sites for hydroxylation is 3. The van der Waals surface area contributed by atoms with Crippen LogP contribution >= 0.6 is 27.3 Å². The van der Waals surface area contributed by atoms with Crippen molar-refractivity contribution in [2.24, 2.45) is 0 Å². The summed E-state index contributed by atoms with van der Waals surface area (Å²) in [7, 11) is 0. The molecule has 2 aromatic heterocycles. The van der Waals surface area contributed by atoms with Crippen LogP contribution in [0.1, 0.15) is 17.0 Å². The van der Waals surface area contributed by atoms with Crippen LogP contribution in [-0.4, -0.2) is 14.8 Å². The van der Waals surface area contributed by atoms with Crippen molar-refractivity contribution >= 4 is 37.5 Å². The Bertz CT molecular complexity index is 742. The van der Waals surface area contributed by atoms with E-state index < -0.39 is 0 Å². The van der Waals surface area contributed by atoms with Gasteiger partial charge in [0.05, 0.1) is 15.9 Å². The van der Waals surface area contributed by atoms with Crippen LogP contribution in [0.3, 0.4) is 0 Å². The second kappa shape index (κ2) is 4.17. The minimum atomic E-state index is 0.928. The van der Waals surface area contributed by atoms with E-state index in [0.29, 0.717) is 0 Å². The molecule has 0 saturated heterocycles.